The molecular weight excluding hydrogens is 267 g/mol. The highest BCUT2D eigenvalue weighted by Gasteiger charge is 2.30. The second-order valence-corrected chi connectivity index (χ2v) is 4.25. The zero-order valence-electron chi connectivity index (χ0n) is 10.4. The van der Waals surface area contributed by atoms with Crippen LogP contribution in [0.5, 0.6) is 0 Å². The van der Waals surface area contributed by atoms with Crippen molar-refractivity contribution in [1.29, 1.82) is 0 Å². The van der Waals surface area contributed by atoms with E-state index in [-0.39, 0.29) is 12.3 Å². The Labute approximate surface area is 114 Å². The first-order valence-electron chi connectivity index (χ1n) is 5.93. The summed E-state index contributed by atoms with van der Waals surface area (Å²) in [4.78, 5) is 11.7. The van der Waals surface area contributed by atoms with Crippen molar-refractivity contribution in [2.24, 2.45) is 5.73 Å². The fourth-order valence-electron chi connectivity index (χ4n) is 1.93. The number of Topliss-reactive ketones (excluding diaryl/α,β-unsaturated/α-hetero) is 1. The molecule has 5 heteroatoms. The molecular formula is C15H12F3NO. The van der Waals surface area contributed by atoms with Gasteiger partial charge < -0.3 is 5.73 Å². The number of halogens is 3. The highest BCUT2D eigenvalue weighted by molar-refractivity contribution is 6.03. The molecule has 0 unspecified atom stereocenters. The molecule has 0 saturated heterocycles. The summed E-state index contributed by atoms with van der Waals surface area (Å²) in [6.45, 7) is -0.141. The Bertz CT molecular complexity index is 618. The van der Waals surface area contributed by atoms with Gasteiger partial charge in [-0.1, -0.05) is 36.4 Å². The monoisotopic (exact) mass is 279 g/mol. The molecule has 0 aromatic heterocycles. The van der Waals surface area contributed by atoms with Crippen molar-refractivity contribution in [3.05, 3.63) is 59.7 Å². The lowest BCUT2D eigenvalue weighted by atomic mass is 9.96. The molecule has 2 N–H and O–H groups in total. The highest BCUT2D eigenvalue weighted by atomic mass is 19.4. The van der Waals surface area contributed by atoms with Gasteiger partial charge in [0, 0.05) is 5.56 Å². The molecule has 20 heavy (non-hydrogen) atoms. The first-order valence-corrected chi connectivity index (χ1v) is 5.93. The van der Waals surface area contributed by atoms with Crippen LogP contribution in [0, 0.1) is 0 Å². The van der Waals surface area contributed by atoms with E-state index < -0.39 is 11.7 Å². The van der Waals surface area contributed by atoms with Crippen LogP contribution in [0.4, 0.5) is 13.2 Å². The van der Waals surface area contributed by atoms with E-state index in [2.05, 4.69) is 0 Å². The van der Waals surface area contributed by atoms with Gasteiger partial charge in [0.1, 0.15) is 0 Å². The fraction of sp³-hybridized carbons (Fsp3) is 0.133. The summed E-state index contributed by atoms with van der Waals surface area (Å²) in [5, 5.41) is 0. The Hall–Kier alpha value is -2.14. The molecule has 2 nitrogen and oxygen atoms in total. The summed E-state index contributed by atoms with van der Waals surface area (Å²) in [5.74, 6) is -0.250. The number of rotatable bonds is 3. The summed E-state index contributed by atoms with van der Waals surface area (Å²) in [5.41, 5.74) is 6.16. The molecule has 0 aliphatic heterocycles. The Morgan fingerprint density at radius 3 is 2.15 bits per heavy atom. The molecule has 0 bridgehead atoms. The summed E-state index contributed by atoms with van der Waals surface area (Å²) in [6.07, 6.45) is -4.37. The number of hydrogen-bond acceptors (Lipinski definition) is 2. The summed E-state index contributed by atoms with van der Waals surface area (Å²) < 4.78 is 37.5. The number of nitrogens with two attached hydrogens (primary N) is 1. The average Bonchev–Trinajstić information content (AvgIpc) is 2.45. The summed E-state index contributed by atoms with van der Waals surface area (Å²) in [7, 11) is 0. The first kappa shape index (κ1) is 14.3. The third kappa shape index (κ3) is 2.88. The second kappa shape index (κ2) is 5.46. The molecule has 0 amide bonds. The lowest BCUT2D eigenvalue weighted by Gasteiger charge is -2.10. The van der Waals surface area contributed by atoms with Gasteiger partial charge in [0.15, 0.2) is 5.78 Å². The van der Waals surface area contributed by atoms with Crippen molar-refractivity contribution in [2.45, 2.75) is 6.18 Å². The predicted molar refractivity (Wildman–Crippen MR) is 70.3 cm³/mol. The fourth-order valence-corrected chi connectivity index (χ4v) is 1.93. The van der Waals surface area contributed by atoms with Crippen LogP contribution in [-0.2, 0) is 6.18 Å². The van der Waals surface area contributed by atoms with E-state index in [9.17, 15) is 18.0 Å². The SMILES string of the molecule is NCC(=O)c1ccccc1-c1ccc(C(F)(F)F)cc1. The number of carbonyl (C=O) groups excluding carboxylic acids is 1. The van der Waals surface area contributed by atoms with Crippen LogP contribution in [0.3, 0.4) is 0 Å². The van der Waals surface area contributed by atoms with Gasteiger partial charge in [0.05, 0.1) is 12.1 Å². The third-order valence-electron chi connectivity index (χ3n) is 2.94. The van der Waals surface area contributed by atoms with Crippen molar-refractivity contribution >= 4 is 5.78 Å². The van der Waals surface area contributed by atoms with Gasteiger partial charge in [0.2, 0.25) is 0 Å². The number of alkyl halides is 3. The van der Waals surface area contributed by atoms with Gasteiger partial charge in [-0.3, -0.25) is 4.79 Å². The average molecular weight is 279 g/mol. The molecule has 0 aliphatic rings. The Morgan fingerprint density at radius 1 is 1.00 bits per heavy atom. The van der Waals surface area contributed by atoms with Gasteiger partial charge in [-0.2, -0.15) is 13.2 Å². The smallest absolute Gasteiger partial charge is 0.324 e. The zero-order chi connectivity index (χ0) is 14.8. The minimum atomic E-state index is -4.37. The normalized spacial score (nSPS) is 11.4. The second-order valence-electron chi connectivity index (χ2n) is 4.25. The Kier molecular flexibility index (Phi) is 3.90. The molecule has 0 fully saturated rings. The lowest BCUT2D eigenvalue weighted by Crippen LogP contribution is -2.14. The van der Waals surface area contributed by atoms with E-state index in [0.717, 1.165) is 12.1 Å². The van der Waals surface area contributed by atoms with Crippen LogP contribution in [0.25, 0.3) is 11.1 Å². The van der Waals surface area contributed by atoms with E-state index in [1.54, 1.807) is 24.3 Å². The van der Waals surface area contributed by atoms with Crippen molar-refractivity contribution in [1.82, 2.24) is 0 Å². The van der Waals surface area contributed by atoms with Crippen LogP contribution in [-0.4, -0.2) is 12.3 Å². The van der Waals surface area contributed by atoms with Gasteiger partial charge >= 0.3 is 6.18 Å². The highest BCUT2D eigenvalue weighted by Crippen LogP contribution is 2.31. The Morgan fingerprint density at radius 2 is 1.60 bits per heavy atom. The maximum Gasteiger partial charge on any atom is 0.416 e. The van der Waals surface area contributed by atoms with Gasteiger partial charge in [-0.05, 0) is 23.3 Å². The minimum Gasteiger partial charge on any atom is -0.324 e. The molecule has 0 saturated carbocycles. The molecule has 2 rings (SSSR count). The molecule has 0 spiro atoms. The number of hydrogen-bond donors (Lipinski definition) is 1. The van der Waals surface area contributed by atoms with Gasteiger partial charge in [-0.15, -0.1) is 0 Å². The van der Waals surface area contributed by atoms with Crippen LogP contribution in [0.1, 0.15) is 15.9 Å². The van der Waals surface area contributed by atoms with E-state index in [1.165, 1.54) is 12.1 Å². The zero-order valence-corrected chi connectivity index (χ0v) is 10.4. The van der Waals surface area contributed by atoms with E-state index >= 15 is 0 Å². The van der Waals surface area contributed by atoms with Crippen LogP contribution < -0.4 is 5.73 Å². The van der Waals surface area contributed by atoms with E-state index in [4.69, 9.17) is 5.73 Å². The van der Waals surface area contributed by atoms with Crippen molar-refractivity contribution < 1.29 is 18.0 Å². The molecule has 0 radical (unpaired) electrons. The first-order chi connectivity index (χ1) is 9.43. The molecule has 2 aromatic rings. The van der Waals surface area contributed by atoms with Gasteiger partial charge in [-0.25, -0.2) is 0 Å². The maximum absolute atomic E-state index is 12.5. The molecule has 0 atom stereocenters. The molecule has 104 valence electrons. The minimum absolute atomic E-state index is 0.141. The quantitative estimate of drug-likeness (QED) is 0.874. The molecule has 0 aliphatic carbocycles. The predicted octanol–water partition coefficient (Wildman–Crippen LogP) is 3.51. The standard InChI is InChI=1S/C15H12F3NO/c16-15(17,18)11-7-5-10(6-8-11)12-3-1-2-4-13(12)14(20)9-19/h1-8H,9,19H2. The van der Waals surface area contributed by atoms with Crippen molar-refractivity contribution in [3.8, 4) is 11.1 Å². The largest absolute Gasteiger partial charge is 0.416 e. The maximum atomic E-state index is 12.5. The van der Waals surface area contributed by atoms with Gasteiger partial charge in [0.25, 0.3) is 0 Å². The number of carbonyl (C=O) groups is 1. The van der Waals surface area contributed by atoms with Crippen LogP contribution >= 0.6 is 0 Å². The van der Waals surface area contributed by atoms with E-state index in [0.29, 0.717) is 16.7 Å². The van der Waals surface area contributed by atoms with Crippen molar-refractivity contribution in [2.75, 3.05) is 6.54 Å². The molecule has 0 heterocycles. The Balaban J connectivity index is 2.45. The third-order valence-corrected chi connectivity index (χ3v) is 2.94. The van der Waals surface area contributed by atoms with Crippen LogP contribution in [0.15, 0.2) is 48.5 Å². The molecule has 2 aromatic carbocycles. The summed E-state index contributed by atoms with van der Waals surface area (Å²) >= 11 is 0. The number of ketones is 1. The number of benzene rings is 2. The summed E-state index contributed by atoms with van der Waals surface area (Å²) in [6, 6.07) is 11.4. The van der Waals surface area contributed by atoms with Crippen LogP contribution in [0.2, 0.25) is 0 Å². The van der Waals surface area contributed by atoms with E-state index in [1.807, 2.05) is 0 Å². The van der Waals surface area contributed by atoms with Crippen molar-refractivity contribution in [3.63, 3.8) is 0 Å². The lowest BCUT2D eigenvalue weighted by molar-refractivity contribution is -0.137. The topological polar surface area (TPSA) is 43.1 Å².